The molecule has 1 unspecified atom stereocenters. The van der Waals surface area contributed by atoms with Gasteiger partial charge in [-0.2, -0.15) is 5.10 Å². The molecule has 0 aliphatic carbocycles. The molecule has 19 heavy (non-hydrogen) atoms. The van der Waals surface area contributed by atoms with Gasteiger partial charge < -0.3 is 5.32 Å². The van der Waals surface area contributed by atoms with Crippen LogP contribution in [0.1, 0.15) is 43.0 Å². The van der Waals surface area contributed by atoms with Gasteiger partial charge in [-0.15, -0.1) is 0 Å². The second-order valence-corrected chi connectivity index (χ2v) is 5.01. The fourth-order valence-electron chi connectivity index (χ4n) is 1.92. The van der Waals surface area contributed by atoms with Crippen molar-refractivity contribution in [1.29, 1.82) is 0 Å². The van der Waals surface area contributed by atoms with Crippen LogP contribution in [0.15, 0.2) is 24.7 Å². The van der Waals surface area contributed by atoms with E-state index in [2.05, 4.69) is 40.3 Å². The normalized spacial score (nSPS) is 12.9. The highest BCUT2D eigenvalue weighted by atomic mass is 15.3. The Labute approximate surface area is 114 Å². The Hall–Kier alpha value is -1.75. The summed E-state index contributed by atoms with van der Waals surface area (Å²) >= 11 is 0. The summed E-state index contributed by atoms with van der Waals surface area (Å²) in [6, 6.07) is 2.59. The largest absolute Gasteiger partial charge is 0.311 e. The summed E-state index contributed by atoms with van der Waals surface area (Å²) in [5, 5.41) is 7.84. The third-order valence-electron chi connectivity index (χ3n) is 3.11. The molecule has 0 amide bonds. The maximum atomic E-state index is 4.57. The molecule has 0 aliphatic heterocycles. The number of nitrogens with zero attached hydrogens (tertiary/aromatic N) is 4. The highest BCUT2D eigenvalue weighted by Gasteiger charge is 2.14. The molecule has 0 saturated heterocycles. The molecule has 0 saturated carbocycles. The fraction of sp³-hybridized carbons (Fsp3) is 0.500. The van der Waals surface area contributed by atoms with Crippen molar-refractivity contribution in [3.05, 3.63) is 41.7 Å². The molecule has 1 atom stereocenters. The average Bonchev–Trinajstić information content (AvgIpc) is 2.86. The summed E-state index contributed by atoms with van der Waals surface area (Å²) in [4.78, 5) is 8.72. The van der Waals surface area contributed by atoms with E-state index in [1.807, 2.05) is 31.0 Å². The van der Waals surface area contributed by atoms with Crippen molar-refractivity contribution < 1.29 is 0 Å². The van der Waals surface area contributed by atoms with Crippen LogP contribution in [0.4, 0.5) is 0 Å². The lowest BCUT2D eigenvalue weighted by atomic mass is 10.1. The first kappa shape index (κ1) is 13.7. The van der Waals surface area contributed by atoms with Crippen molar-refractivity contribution in [1.82, 2.24) is 25.1 Å². The van der Waals surface area contributed by atoms with E-state index < -0.39 is 0 Å². The minimum atomic E-state index is 0.142. The maximum absolute atomic E-state index is 4.57. The van der Waals surface area contributed by atoms with Crippen LogP contribution in [0.25, 0.3) is 0 Å². The van der Waals surface area contributed by atoms with E-state index in [0.717, 1.165) is 23.5 Å². The predicted octanol–water partition coefficient (Wildman–Crippen LogP) is 2.07. The van der Waals surface area contributed by atoms with Crippen molar-refractivity contribution in [2.75, 3.05) is 7.05 Å². The molecule has 0 fully saturated rings. The molecular weight excluding hydrogens is 238 g/mol. The van der Waals surface area contributed by atoms with Crippen LogP contribution in [-0.4, -0.2) is 26.8 Å². The van der Waals surface area contributed by atoms with Crippen molar-refractivity contribution in [3.63, 3.8) is 0 Å². The van der Waals surface area contributed by atoms with Gasteiger partial charge in [0.1, 0.15) is 0 Å². The van der Waals surface area contributed by atoms with Gasteiger partial charge >= 0.3 is 0 Å². The molecule has 5 heteroatoms. The summed E-state index contributed by atoms with van der Waals surface area (Å²) in [6.07, 6.45) is 6.46. The van der Waals surface area contributed by atoms with Crippen molar-refractivity contribution in [2.45, 2.75) is 39.3 Å². The van der Waals surface area contributed by atoms with E-state index in [9.17, 15) is 0 Å². The molecule has 0 bridgehead atoms. The monoisotopic (exact) mass is 259 g/mol. The minimum absolute atomic E-state index is 0.142. The van der Waals surface area contributed by atoms with Crippen molar-refractivity contribution in [3.8, 4) is 0 Å². The third-order valence-corrected chi connectivity index (χ3v) is 3.11. The highest BCUT2D eigenvalue weighted by Crippen LogP contribution is 2.15. The van der Waals surface area contributed by atoms with Gasteiger partial charge in [0.2, 0.25) is 0 Å². The second-order valence-electron chi connectivity index (χ2n) is 5.01. The molecule has 102 valence electrons. The molecule has 1 N–H and O–H groups in total. The lowest BCUT2D eigenvalue weighted by Gasteiger charge is -2.14. The average molecular weight is 259 g/mol. The van der Waals surface area contributed by atoms with Crippen molar-refractivity contribution >= 4 is 0 Å². The third kappa shape index (κ3) is 3.38. The topological polar surface area (TPSA) is 55.6 Å². The number of hydrogen-bond donors (Lipinski definition) is 1. The minimum Gasteiger partial charge on any atom is -0.311 e. The highest BCUT2D eigenvalue weighted by molar-refractivity contribution is 5.11. The number of likely N-dealkylation sites (N-methyl/N-ethyl adjacent to an activating group) is 1. The fourth-order valence-corrected chi connectivity index (χ4v) is 1.92. The summed E-state index contributed by atoms with van der Waals surface area (Å²) in [5.74, 6) is 0. The van der Waals surface area contributed by atoms with E-state index in [1.165, 1.54) is 0 Å². The predicted molar refractivity (Wildman–Crippen MR) is 74.9 cm³/mol. The van der Waals surface area contributed by atoms with Gasteiger partial charge in [0, 0.05) is 24.9 Å². The number of nitrogens with one attached hydrogen (secondary N) is 1. The zero-order valence-electron chi connectivity index (χ0n) is 12.0. The number of aryl methyl sites for hydroxylation is 1. The molecular formula is C14H21N5. The Morgan fingerprint density at radius 3 is 2.58 bits per heavy atom. The van der Waals surface area contributed by atoms with Gasteiger partial charge in [0.25, 0.3) is 0 Å². The maximum Gasteiger partial charge on any atom is 0.0760 e. The van der Waals surface area contributed by atoms with Gasteiger partial charge in [-0.05, 0) is 33.9 Å². The van der Waals surface area contributed by atoms with Crippen LogP contribution in [0.2, 0.25) is 0 Å². The van der Waals surface area contributed by atoms with Crippen LogP contribution in [0, 0.1) is 6.92 Å². The van der Waals surface area contributed by atoms with Gasteiger partial charge in [-0.1, -0.05) is 0 Å². The van der Waals surface area contributed by atoms with Crippen LogP contribution >= 0.6 is 0 Å². The van der Waals surface area contributed by atoms with E-state index in [-0.39, 0.29) is 6.04 Å². The summed E-state index contributed by atoms with van der Waals surface area (Å²) in [5.41, 5.74) is 2.95. The summed E-state index contributed by atoms with van der Waals surface area (Å²) in [7, 11) is 1.94. The van der Waals surface area contributed by atoms with E-state index >= 15 is 0 Å². The van der Waals surface area contributed by atoms with E-state index in [4.69, 9.17) is 0 Å². The molecule has 0 aromatic carbocycles. The summed E-state index contributed by atoms with van der Waals surface area (Å²) < 4.78 is 1.98. The van der Waals surface area contributed by atoms with Gasteiger partial charge in [0.05, 0.1) is 29.3 Å². The first-order valence-corrected chi connectivity index (χ1v) is 6.60. The van der Waals surface area contributed by atoms with Gasteiger partial charge in [-0.25, -0.2) is 0 Å². The van der Waals surface area contributed by atoms with Crippen LogP contribution in [0.5, 0.6) is 0 Å². The number of rotatable bonds is 5. The van der Waals surface area contributed by atoms with Gasteiger partial charge in [0.15, 0.2) is 0 Å². The lowest BCUT2D eigenvalue weighted by molar-refractivity contribution is 0.511. The quantitative estimate of drug-likeness (QED) is 0.893. The van der Waals surface area contributed by atoms with Crippen LogP contribution < -0.4 is 5.32 Å². The Morgan fingerprint density at radius 1 is 1.26 bits per heavy atom. The molecule has 5 nitrogen and oxygen atoms in total. The molecule has 0 radical (unpaired) electrons. The molecule has 2 aromatic heterocycles. The molecule has 2 rings (SSSR count). The smallest absolute Gasteiger partial charge is 0.0760 e. The molecule has 2 heterocycles. The number of hydrogen-bond acceptors (Lipinski definition) is 4. The molecule has 0 spiro atoms. The number of aromatic nitrogens is 4. The van der Waals surface area contributed by atoms with Crippen LogP contribution in [0.3, 0.4) is 0 Å². The Kier molecular flexibility index (Phi) is 4.27. The zero-order chi connectivity index (χ0) is 13.8. The SMILES string of the molecule is CNC(Cc1ccn(C(C)C)n1)c1cnc(C)cn1. The Bertz CT molecular complexity index is 515. The van der Waals surface area contributed by atoms with E-state index in [1.54, 1.807) is 6.20 Å². The zero-order valence-corrected chi connectivity index (χ0v) is 12.0. The first-order valence-electron chi connectivity index (χ1n) is 6.60. The van der Waals surface area contributed by atoms with E-state index in [0.29, 0.717) is 6.04 Å². The van der Waals surface area contributed by atoms with Gasteiger partial charge in [-0.3, -0.25) is 14.6 Å². The standard InChI is InChI=1S/C14H21N5/c1-10(2)19-6-5-12(18-19)7-13(15-4)14-9-16-11(3)8-17-14/h5-6,8-10,13,15H,7H2,1-4H3. The lowest BCUT2D eigenvalue weighted by Crippen LogP contribution is -2.20. The Morgan fingerprint density at radius 2 is 2.05 bits per heavy atom. The summed E-state index contributed by atoms with van der Waals surface area (Å²) in [6.45, 7) is 6.19. The molecule has 2 aromatic rings. The second kappa shape index (κ2) is 5.93. The first-order chi connectivity index (χ1) is 9.10. The molecule has 0 aliphatic rings. The van der Waals surface area contributed by atoms with Crippen molar-refractivity contribution in [2.24, 2.45) is 0 Å². The Balaban J connectivity index is 2.12. The van der Waals surface area contributed by atoms with Crippen LogP contribution in [-0.2, 0) is 6.42 Å².